The molecule has 0 aliphatic carbocycles. The molecule has 18 heavy (non-hydrogen) atoms. The van der Waals surface area contributed by atoms with E-state index < -0.39 is 16.0 Å². The number of nitrogens with zero attached hydrogens (tertiary/aromatic N) is 2. The highest BCUT2D eigenvalue weighted by molar-refractivity contribution is 7.89. The van der Waals surface area contributed by atoms with Crippen molar-refractivity contribution in [3.8, 4) is 0 Å². The van der Waals surface area contributed by atoms with Crippen molar-refractivity contribution in [2.75, 3.05) is 13.1 Å². The third kappa shape index (κ3) is 2.37. The second kappa shape index (κ2) is 5.03. The van der Waals surface area contributed by atoms with Crippen LogP contribution in [0.1, 0.15) is 29.6 Å². The SMILES string of the molecule is O=C(O)c1cccnc1S(=O)(=O)N1CCCCC1. The molecule has 1 aliphatic rings. The van der Waals surface area contributed by atoms with Gasteiger partial charge in [-0.15, -0.1) is 0 Å². The molecule has 0 atom stereocenters. The van der Waals surface area contributed by atoms with Crippen molar-refractivity contribution in [2.24, 2.45) is 0 Å². The summed E-state index contributed by atoms with van der Waals surface area (Å²) in [5.41, 5.74) is -0.275. The standard InChI is InChI=1S/C11H14N2O4S/c14-11(15)9-5-4-6-12-10(9)18(16,17)13-7-2-1-3-8-13/h4-6H,1-3,7-8H2,(H,14,15). The Labute approximate surface area is 105 Å². The van der Waals surface area contributed by atoms with Crippen LogP contribution in [0, 0.1) is 0 Å². The van der Waals surface area contributed by atoms with E-state index in [0.717, 1.165) is 19.3 Å². The van der Waals surface area contributed by atoms with E-state index in [1.807, 2.05) is 0 Å². The van der Waals surface area contributed by atoms with E-state index in [4.69, 9.17) is 5.11 Å². The van der Waals surface area contributed by atoms with Crippen LogP contribution in [-0.2, 0) is 10.0 Å². The maximum Gasteiger partial charge on any atom is 0.338 e. The number of aromatic carboxylic acids is 1. The predicted molar refractivity (Wildman–Crippen MR) is 63.8 cm³/mol. The van der Waals surface area contributed by atoms with Gasteiger partial charge in [0.2, 0.25) is 0 Å². The normalized spacial score (nSPS) is 17.6. The number of carboxylic acids is 1. The van der Waals surface area contributed by atoms with Crippen molar-refractivity contribution >= 4 is 16.0 Å². The molecule has 1 saturated heterocycles. The summed E-state index contributed by atoms with van der Waals surface area (Å²) in [6, 6.07) is 2.67. The molecule has 0 saturated carbocycles. The van der Waals surface area contributed by atoms with E-state index in [1.165, 1.54) is 22.6 Å². The molecule has 2 rings (SSSR count). The van der Waals surface area contributed by atoms with E-state index >= 15 is 0 Å². The average Bonchev–Trinajstić information content (AvgIpc) is 2.39. The van der Waals surface area contributed by atoms with Crippen molar-refractivity contribution < 1.29 is 18.3 Å². The van der Waals surface area contributed by atoms with Crippen LogP contribution in [0.5, 0.6) is 0 Å². The largest absolute Gasteiger partial charge is 0.478 e. The van der Waals surface area contributed by atoms with Gasteiger partial charge >= 0.3 is 5.97 Å². The van der Waals surface area contributed by atoms with E-state index in [1.54, 1.807) is 0 Å². The number of carbonyl (C=O) groups is 1. The fourth-order valence-corrected chi connectivity index (χ4v) is 3.60. The molecular formula is C11H14N2O4S. The topological polar surface area (TPSA) is 87.6 Å². The number of sulfonamides is 1. The van der Waals surface area contributed by atoms with Gasteiger partial charge in [-0.2, -0.15) is 4.31 Å². The Morgan fingerprint density at radius 1 is 1.28 bits per heavy atom. The van der Waals surface area contributed by atoms with Gasteiger partial charge in [0.25, 0.3) is 10.0 Å². The van der Waals surface area contributed by atoms with Crippen LogP contribution < -0.4 is 0 Å². The molecule has 98 valence electrons. The Balaban J connectivity index is 2.43. The second-order valence-electron chi connectivity index (χ2n) is 4.13. The fraction of sp³-hybridized carbons (Fsp3) is 0.455. The minimum atomic E-state index is -3.80. The first-order valence-electron chi connectivity index (χ1n) is 5.72. The lowest BCUT2D eigenvalue weighted by atomic mass is 10.2. The monoisotopic (exact) mass is 270 g/mol. The molecule has 0 aromatic carbocycles. The zero-order chi connectivity index (χ0) is 13.2. The maximum absolute atomic E-state index is 12.3. The number of aromatic nitrogens is 1. The molecule has 7 heteroatoms. The van der Waals surface area contributed by atoms with E-state index in [-0.39, 0.29) is 10.6 Å². The predicted octanol–water partition coefficient (Wildman–Crippen LogP) is 0.954. The van der Waals surface area contributed by atoms with Crippen molar-refractivity contribution in [3.05, 3.63) is 23.9 Å². The highest BCUT2D eigenvalue weighted by Gasteiger charge is 2.31. The molecule has 0 radical (unpaired) electrons. The molecule has 1 aromatic heterocycles. The second-order valence-corrected chi connectivity index (χ2v) is 5.98. The van der Waals surface area contributed by atoms with E-state index in [0.29, 0.717) is 13.1 Å². The number of pyridine rings is 1. The van der Waals surface area contributed by atoms with Gasteiger partial charge in [-0.3, -0.25) is 0 Å². The maximum atomic E-state index is 12.3. The molecule has 2 heterocycles. The Kier molecular flexibility index (Phi) is 3.63. The minimum absolute atomic E-state index is 0.275. The zero-order valence-corrected chi connectivity index (χ0v) is 10.6. The Morgan fingerprint density at radius 3 is 2.56 bits per heavy atom. The average molecular weight is 270 g/mol. The van der Waals surface area contributed by atoms with E-state index in [9.17, 15) is 13.2 Å². The number of piperidine rings is 1. The molecule has 1 aromatic rings. The first kappa shape index (κ1) is 13.0. The van der Waals surface area contributed by atoms with Gasteiger partial charge in [-0.1, -0.05) is 6.42 Å². The Morgan fingerprint density at radius 2 is 1.94 bits per heavy atom. The third-order valence-corrected chi connectivity index (χ3v) is 4.76. The summed E-state index contributed by atoms with van der Waals surface area (Å²) in [6.45, 7) is 0.857. The van der Waals surface area contributed by atoms with Crippen LogP contribution in [0.25, 0.3) is 0 Å². The molecule has 1 fully saturated rings. The van der Waals surface area contributed by atoms with Crippen molar-refractivity contribution in [1.29, 1.82) is 0 Å². The van der Waals surface area contributed by atoms with Gasteiger partial charge in [-0.25, -0.2) is 18.2 Å². The van der Waals surface area contributed by atoms with Crippen molar-refractivity contribution in [3.63, 3.8) is 0 Å². The van der Waals surface area contributed by atoms with Crippen molar-refractivity contribution in [1.82, 2.24) is 9.29 Å². The van der Waals surface area contributed by atoms with Gasteiger partial charge in [-0.05, 0) is 25.0 Å². The fourth-order valence-electron chi connectivity index (χ4n) is 1.99. The molecule has 0 amide bonds. The lowest BCUT2D eigenvalue weighted by Crippen LogP contribution is -2.36. The van der Waals surface area contributed by atoms with Crippen LogP contribution in [0.15, 0.2) is 23.4 Å². The van der Waals surface area contributed by atoms with Crippen LogP contribution in [0.3, 0.4) is 0 Å². The molecule has 6 nitrogen and oxygen atoms in total. The highest BCUT2D eigenvalue weighted by atomic mass is 32.2. The summed E-state index contributed by atoms with van der Waals surface area (Å²) < 4.78 is 25.9. The van der Waals surface area contributed by atoms with Crippen LogP contribution in [-0.4, -0.2) is 41.9 Å². The lowest BCUT2D eigenvalue weighted by molar-refractivity contribution is 0.0691. The summed E-state index contributed by atoms with van der Waals surface area (Å²) >= 11 is 0. The smallest absolute Gasteiger partial charge is 0.338 e. The van der Waals surface area contributed by atoms with Crippen LogP contribution in [0.4, 0.5) is 0 Å². The Hall–Kier alpha value is -1.47. The number of hydrogen-bond donors (Lipinski definition) is 1. The number of carboxylic acid groups (broad SMARTS) is 1. The van der Waals surface area contributed by atoms with Crippen LogP contribution in [0.2, 0.25) is 0 Å². The lowest BCUT2D eigenvalue weighted by Gasteiger charge is -2.25. The number of hydrogen-bond acceptors (Lipinski definition) is 4. The van der Waals surface area contributed by atoms with Gasteiger partial charge < -0.3 is 5.11 Å². The molecule has 1 aliphatic heterocycles. The highest BCUT2D eigenvalue weighted by Crippen LogP contribution is 2.21. The number of rotatable bonds is 3. The summed E-state index contributed by atoms with van der Waals surface area (Å²) in [5.74, 6) is -1.28. The molecule has 0 unspecified atom stereocenters. The summed E-state index contributed by atoms with van der Waals surface area (Å²) in [7, 11) is -3.80. The molecule has 1 N–H and O–H groups in total. The van der Waals surface area contributed by atoms with Gasteiger partial charge in [0.15, 0.2) is 5.03 Å². The van der Waals surface area contributed by atoms with Crippen molar-refractivity contribution in [2.45, 2.75) is 24.3 Å². The van der Waals surface area contributed by atoms with Crippen LogP contribution >= 0.6 is 0 Å². The molecule has 0 bridgehead atoms. The molecule has 0 spiro atoms. The summed E-state index contributed by atoms with van der Waals surface area (Å²) in [5, 5.41) is 8.64. The molecular weight excluding hydrogens is 256 g/mol. The first-order valence-corrected chi connectivity index (χ1v) is 7.16. The van der Waals surface area contributed by atoms with Gasteiger partial charge in [0, 0.05) is 19.3 Å². The van der Waals surface area contributed by atoms with E-state index in [2.05, 4.69) is 4.98 Å². The first-order chi connectivity index (χ1) is 8.53. The quantitative estimate of drug-likeness (QED) is 0.883. The van der Waals surface area contributed by atoms with Gasteiger partial charge in [0.1, 0.15) is 0 Å². The Bertz CT molecular complexity index is 550. The summed E-state index contributed by atoms with van der Waals surface area (Å²) in [6.07, 6.45) is 3.90. The third-order valence-electron chi connectivity index (χ3n) is 2.90. The minimum Gasteiger partial charge on any atom is -0.478 e. The van der Waals surface area contributed by atoms with Gasteiger partial charge in [0.05, 0.1) is 5.56 Å². The summed E-state index contributed by atoms with van der Waals surface area (Å²) in [4.78, 5) is 14.8. The zero-order valence-electron chi connectivity index (χ0n) is 9.74.